The zero-order valence-corrected chi connectivity index (χ0v) is 20.3. The molecule has 1 saturated heterocycles. The van der Waals surface area contributed by atoms with Crippen molar-refractivity contribution in [2.75, 3.05) is 39.8 Å². The summed E-state index contributed by atoms with van der Waals surface area (Å²) in [5.41, 5.74) is 2.45. The molecule has 2 aliphatic heterocycles. The number of thiophene rings is 1. The summed E-state index contributed by atoms with van der Waals surface area (Å²) in [7, 11) is 1.67. The van der Waals surface area contributed by atoms with E-state index in [9.17, 15) is 9.59 Å². The second-order valence-corrected chi connectivity index (χ2v) is 9.86. The van der Waals surface area contributed by atoms with Crippen LogP contribution in [0.15, 0.2) is 58.5 Å². The molecule has 178 valence electrons. The highest BCUT2D eigenvalue weighted by atomic mass is 32.1. The summed E-state index contributed by atoms with van der Waals surface area (Å²) in [5.74, 6) is 1.15. The van der Waals surface area contributed by atoms with Crippen molar-refractivity contribution in [2.24, 2.45) is 0 Å². The van der Waals surface area contributed by atoms with Gasteiger partial charge in [0.1, 0.15) is 5.75 Å². The number of carbonyl (C=O) groups is 2. The van der Waals surface area contributed by atoms with E-state index in [0.29, 0.717) is 31.9 Å². The molecule has 8 heteroatoms. The number of piperazine rings is 1. The van der Waals surface area contributed by atoms with Crippen LogP contribution in [0.3, 0.4) is 0 Å². The lowest BCUT2D eigenvalue weighted by Gasteiger charge is -2.41. The monoisotopic (exact) mass is 479 g/mol. The zero-order chi connectivity index (χ0) is 23.7. The number of fused-ring (bicyclic) bond motifs is 1. The van der Waals surface area contributed by atoms with E-state index in [1.54, 1.807) is 35.5 Å². The van der Waals surface area contributed by atoms with Crippen LogP contribution >= 0.6 is 11.3 Å². The lowest BCUT2D eigenvalue weighted by Crippen LogP contribution is -2.57. The van der Waals surface area contributed by atoms with Gasteiger partial charge in [-0.25, -0.2) is 0 Å². The van der Waals surface area contributed by atoms with Crippen molar-refractivity contribution in [3.63, 3.8) is 0 Å². The third-order valence-electron chi connectivity index (χ3n) is 6.81. The highest BCUT2D eigenvalue weighted by Crippen LogP contribution is 2.38. The van der Waals surface area contributed by atoms with Crippen LogP contribution in [0.4, 0.5) is 0 Å². The first-order chi connectivity index (χ1) is 16.5. The van der Waals surface area contributed by atoms with E-state index < -0.39 is 0 Å². The van der Waals surface area contributed by atoms with Gasteiger partial charge in [-0.2, -0.15) is 0 Å². The smallest absolute Gasteiger partial charge is 0.289 e. The highest BCUT2D eigenvalue weighted by molar-refractivity contribution is 7.10. The van der Waals surface area contributed by atoms with Crippen LogP contribution in [0.2, 0.25) is 0 Å². The lowest BCUT2D eigenvalue weighted by atomic mass is 9.93. The molecule has 1 fully saturated rings. The maximum Gasteiger partial charge on any atom is 0.289 e. The lowest BCUT2D eigenvalue weighted by molar-refractivity contribution is -0.135. The fraction of sp³-hybridized carbons (Fsp3) is 0.385. The van der Waals surface area contributed by atoms with Gasteiger partial charge in [-0.05, 0) is 60.2 Å². The summed E-state index contributed by atoms with van der Waals surface area (Å²) >= 11 is 1.79. The van der Waals surface area contributed by atoms with Crippen LogP contribution in [0.5, 0.6) is 5.75 Å². The summed E-state index contributed by atoms with van der Waals surface area (Å²) in [6.45, 7) is 4.73. The fourth-order valence-corrected chi connectivity index (χ4v) is 5.92. The second-order valence-electron chi connectivity index (χ2n) is 8.86. The number of ether oxygens (including phenoxy) is 1. The average molecular weight is 480 g/mol. The molecule has 0 saturated carbocycles. The average Bonchev–Trinajstić information content (AvgIpc) is 3.56. The van der Waals surface area contributed by atoms with Crippen molar-refractivity contribution in [1.29, 1.82) is 0 Å². The van der Waals surface area contributed by atoms with Crippen LogP contribution in [0, 0.1) is 0 Å². The van der Waals surface area contributed by atoms with Gasteiger partial charge >= 0.3 is 0 Å². The molecule has 4 heterocycles. The van der Waals surface area contributed by atoms with E-state index in [1.807, 2.05) is 24.0 Å². The van der Waals surface area contributed by atoms with Crippen molar-refractivity contribution in [1.82, 2.24) is 14.7 Å². The van der Waals surface area contributed by atoms with Gasteiger partial charge < -0.3 is 19.0 Å². The number of benzene rings is 1. The number of nitrogens with zero attached hydrogens (tertiary/aromatic N) is 3. The molecule has 1 aromatic carbocycles. The second kappa shape index (κ2) is 9.64. The van der Waals surface area contributed by atoms with Crippen LogP contribution in [-0.2, 0) is 11.2 Å². The van der Waals surface area contributed by atoms with Gasteiger partial charge in [0.05, 0.1) is 26.0 Å². The Morgan fingerprint density at radius 1 is 1.12 bits per heavy atom. The van der Waals surface area contributed by atoms with E-state index in [4.69, 9.17) is 9.15 Å². The van der Waals surface area contributed by atoms with Crippen molar-refractivity contribution in [3.8, 4) is 5.75 Å². The van der Waals surface area contributed by atoms with E-state index in [1.165, 1.54) is 16.7 Å². The Kier molecular flexibility index (Phi) is 6.43. The summed E-state index contributed by atoms with van der Waals surface area (Å²) in [6, 6.07) is 13.7. The van der Waals surface area contributed by atoms with E-state index >= 15 is 0 Å². The number of furan rings is 1. The van der Waals surface area contributed by atoms with Gasteiger partial charge in [0.25, 0.3) is 5.91 Å². The summed E-state index contributed by atoms with van der Waals surface area (Å²) in [5, 5.41) is 2.14. The van der Waals surface area contributed by atoms with Crippen molar-refractivity contribution in [2.45, 2.75) is 25.4 Å². The highest BCUT2D eigenvalue weighted by Gasteiger charge is 2.35. The quantitative estimate of drug-likeness (QED) is 0.559. The first-order valence-electron chi connectivity index (χ1n) is 11.6. The number of methoxy groups -OCH3 is 1. The minimum atomic E-state index is -0.120. The maximum atomic E-state index is 13.4. The number of rotatable bonds is 5. The van der Waals surface area contributed by atoms with Gasteiger partial charge in [-0.15, -0.1) is 11.3 Å². The molecule has 0 spiro atoms. The molecule has 2 aliphatic rings. The molecule has 0 aliphatic carbocycles. The molecule has 0 bridgehead atoms. The molecule has 7 nitrogen and oxygen atoms in total. The Labute approximate surface area is 203 Å². The molecule has 2 amide bonds. The summed E-state index contributed by atoms with van der Waals surface area (Å²) in [4.78, 5) is 33.5. The standard InChI is InChI=1S/C26H29N3O4S/c1-18-16-27(12-13-29(18)26(31)22-4-3-14-33-22)24(30)17-28-11-9-23-21(10-15-34-23)25(28)19-5-7-20(32-2)8-6-19/h3-8,10,14-15,18,25H,9,11-13,16-17H2,1-2H3/t18-,25-/m0/s1. The van der Waals surface area contributed by atoms with Crippen molar-refractivity contribution in [3.05, 3.63) is 75.9 Å². The van der Waals surface area contributed by atoms with Crippen LogP contribution in [0.25, 0.3) is 0 Å². The molecular weight excluding hydrogens is 450 g/mol. The molecule has 0 N–H and O–H groups in total. The van der Waals surface area contributed by atoms with Gasteiger partial charge in [0.2, 0.25) is 5.91 Å². The van der Waals surface area contributed by atoms with E-state index in [-0.39, 0.29) is 23.9 Å². The predicted octanol–water partition coefficient (Wildman–Crippen LogP) is 3.67. The first-order valence-corrected chi connectivity index (χ1v) is 12.5. The molecule has 3 aromatic rings. The zero-order valence-electron chi connectivity index (χ0n) is 19.5. The fourth-order valence-electron chi connectivity index (χ4n) is 5.02. The summed E-state index contributed by atoms with van der Waals surface area (Å²) in [6.07, 6.45) is 2.46. The SMILES string of the molecule is COc1ccc([C@H]2c3ccsc3CCN2CC(=O)N2CCN(C(=O)c3ccco3)[C@@H](C)C2)cc1. The third-order valence-corrected chi connectivity index (χ3v) is 7.81. The van der Waals surface area contributed by atoms with Crippen molar-refractivity contribution < 1.29 is 18.7 Å². The molecule has 0 radical (unpaired) electrons. The van der Waals surface area contributed by atoms with Gasteiger partial charge in [-0.3, -0.25) is 14.5 Å². The first kappa shape index (κ1) is 22.7. The topological polar surface area (TPSA) is 66.2 Å². The Morgan fingerprint density at radius 2 is 1.94 bits per heavy atom. The molecule has 2 atom stereocenters. The Morgan fingerprint density at radius 3 is 2.65 bits per heavy atom. The van der Waals surface area contributed by atoms with Gasteiger partial charge in [-0.1, -0.05) is 12.1 Å². The Balaban J connectivity index is 1.29. The third kappa shape index (κ3) is 4.35. The number of hydrogen-bond acceptors (Lipinski definition) is 6. The largest absolute Gasteiger partial charge is 0.497 e. The Bertz CT molecular complexity index is 1140. The number of carbonyl (C=O) groups excluding carboxylic acids is 2. The normalized spacial score (nSPS) is 20.8. The molecule has 0 unspecified atom stereocenters. The maximum absolute atomic E-state index is 13.4. The molecule has 34 heavy (non-hydrogen) atoms. The molecular formula is C26H29N3O4S. The molecule has 5 rings (SSSR count). The van der Waals surface area contributed by atoms with Crippen LogP contribution in [0.1, 0.15) is 39.5 Å². The van der Waals surface area contributed by atoms with E-state index in [2.05, 4.69) is 28.5 Å². The minimum absolute atomic E-state index is 0.0455. The Hall–Kier alpha value is -3.10. The van der Waals surface area contributed by atoms with Gasteiger partial charge in [0, 0.05) is 37.1 Å². The van der Waals surface area contributed by atoms with Crippen LogP contribution < -0.4 is 4.74 Å². The minimum Gasteiger partial charge on any atom is -0.497 e. The number of hydrogen-bond donors (Lipinski definition) is 0. The van der Waals surface area contributed by atoms with Crippen LogP contribution in [-0.4, -0.2) is 72.4 Å². The molecule has 2 aromatic heterocycles. The van der Waals surface area contributed by atoms with E-state index in [0.717, 1.165) is 24.3 Å². The number of amides is 2. The van der Waals surface area contributed by atoms with Gasteiger partial charge in [0.15, 0.2) is 5.76 Å². The predicted molar refractivity (Wildman–Crippen MR) is 130 cm³/mol. The van der Waals surface area contributed by atoms with Crippen molar-refractivity contribution >= 4 is 23.2 Å². The summed E-state index contributed by atoms with van der Waals surface area (Å²) < 4.78 is 10.6.